The predicted octanol–water partition coefficient (Wildman–Crippen LogP) is 1.99. The van der Waals surface area contributed by atoms with Gasteiger partial charge in [0.15, 0.2) is 0 Å². The Bertz CT molecular complexity index is 911. The summed E-state index contributed by atoms with van der Waals surface area (Å²) >= 11 is 0. The van der Waals surface area contributed by atoms with Crippen LogP contribution in [0.3, 0.4) is 0 Å². The Hall–Kier alpha value is -2.58. The van der Waals surface area contributed by atoms with Crippen LogP contribution in [0.5, 0.6) is 11.5 Å². The van der Waals surface area contributed by atoms with Crippen LogP contribution in [0.1, 0.15) is 17.3 Å². The highest BCUT2D eigenvalue weighted by Gasteiger charge is 2.28. The summed E-state index contributed by atoms with van der Waals surface area (Å²) in [5, 5.41) is 0. The fourth-order valence-electron chi connectivity index (χ4n) is 2.56. The molecule has 0 unspecified atom stereocenters. The number of hydrogen-bond acceptors (Lipinski definition) is 6. The highest BCUT2D eigenvalue weighted by atomic mass is 32.2. The van der Waals surface area contributed by atoms with Crippen LogP contribution in [0.4, 0.5) is 5.69 Å². The monoisotopic (exact) mass is 362 g/mol. The van der Waals surface area contributed by atoms with Gasteiger partial charge in [0.05, 0.1) is 25.0 Å². The Labute approximate surface area is 146 Å². The number of sulfonamides is 1. The van der Waals surface area contributed by atoms with Crippen molar-refractivity contribution in [3.05, 3.63) is 48.0 Å². The molecule has 2 aromatic rings. The number of nitrogens with one attached hydrogen (secondary N) is 1. The highest BCUT2D eigenvalue weighted by molar-refractivity contribution is 7.89. The summed E-state index contributed by atoms with van der Waals surface area (Å²) in [6.45, 7) is 2.77. The Morgan fingerprint density at radius 3 is 2.68 bits per heavy atom. The van der Waals surface area contributed by atoms with Gasteiger partial charge in [0.2, 0.25) is 10.0 Å². The topological polar surface area (TPSA) is 84.9 Å². The second-order valence-corrected chi connectivity index (χ2v) is 7.15. The van der Waals surface area contributed by atoms with Gasteiger partial charge in [-0.1, -0.05) is 6.07 Å². The maximum Gasteiger partial charge on any atom is 0.343 e. The third-order valence-corrected chi connectivity index (χ3v) is 5.32. The third-order valence-electron chi connectivity index (χ3n) is 3.90. The average molecular weight is 362 g/mol. The lowest BCUT2D eigenvalue weighted by atomic mass is 10.2. The minimum Gasteiger partial charge on any atom is -0.497 e. The van der Waals surface area contributed by atoms with E-state index in [1.165, 1.54) is 13.2 Å². The van der Waals surface area contributed by atoms with Gasteiger partial charge < -0.3 is 14.4 Å². The summed E-state index contributed by atoms with van der Waals surface area (Å²) in [7, 11) is -2.13. The van der Waals surface area contributed by atoms with Gasteiger partial charge in [0.1, 0.15) is 16.4 Å². The molecule has 25 heavy (non-hydrogen) atoms. The zero-order valence-corrected chi connectivity index (χ0v) is 14.7. The van der Waals surface area contributed by atoms with E-state index < -0.39 is 16.0 Å². The van der Waals surface area contributed by atoms with E-state index in [1.54, 1.807) is 36.4 Å². The smallest absolute Gasteiger partial charge is 0.343 e. The van der Waals surface area contributed by atoms with Gasteiger partial charge in [-0.25, -0.2) is 13.2 Å². The van der Waals surface area contributed by atoms with Gasteiger partial charge in [-0.05, 0) is 37.3 Å². The van der Waals surface area contributed by atoms with Gasteiger partial charge in [0, 0.05) is 12.6 Å². The van der Waals surface area contributed by atoms with Crippen LogP contribution in [0, 0.1) is 0 Å². The van der Waals surface area contributed by atoms with Crippen LogP contribution in [0.2, 0.25) is 0 Å². The molecule has 0 amide bonds. The molecule has 1 heterocycles. The molecule has 0 aromatic heterocycles. The molecule has 1 aliphatic heterocycles. The van der Waals surface area contributed by atoms with Crippen LogP contribution in [0.15, 0.2) is 47.4 Å². The second kappa shape index (κ2) is 6.73. The summed E-state index contributed by atoms with van der Waals surface area (Å²) in [5.41, 5.74) is 0.726. The first kappa shape index (κ1) is 17.2. The molecular weight excluding hydrogens is 344 g/mol. The minimum atomic E-state index is -3.64. The zero-order valence-electron chi connectivity index (χ0n) is 13.9. The SMILES string of the molecule is CCN1CNS(=O)(=O)c2cc(C(=O)Oc3cccc(OC)c3)ccc21. The van der Waals surface area contributed by atoms with E-state index >= 15 is 0 Å². The molecule has 1 aliphatic rings. The fourth-order valence-corrected chi connectivity index (χ4v) is 3.79. The maximum absolute atomic E-state index is 12.4. The number of rotatable bonds is 4. The van der Waals surface area contributed by atoms with Crippen molar-refractivity contribution in [2.75, 3.05) is 25.2 Å². The van der Waals surface area contributed by atoms with Crippen molar-refractivity contribution in [2.24, 2.45) is 0 Å². The van der Waals surface area contributed by atoms with Gasteiger partial charge in [0.25, 0.3) is 0 Å². The Balaban J connectivity index is 1.92. The number of benzene rings is 2. The Morgan fingerprint density at radius 2 is 1.96 bits per heavy atom. The molecule has 132 valence electrons. The van der Waals surface area contributed by atoms with E-state index in [0.29, 0.717) is 23.7 Å². The average Bonchev–Trinajstić information content (AvgIpc) is 2.62. The van der Waals surface area contributed by atoms with Crippen molar-refractivity contribution in [1.82, 2.24) is 4.72 Å². The molecule has 0 saturated carbocycles. The first-order valence-corrected chi connectivity index (χ1v) is 9.18. The van der Waals surface area contributed by atoms with E-state index in [9.17, 15) is 13.2 Å². The molecule has 0 radical (unpaired) electrons. The van der Waals surface area contributed by atoms with Crippen LogP contribution in [0.25, 0.3) is 0 Å². The number of esters is 1. The largest absolute Gasteiger partial charge is 0.497 e. The van der Waals surface area contributed by atoms with Gasteiger partial charge in [-0.15, -0.1) is 0 Å². The van der Waals surface area contributed by atoms with Crippen molar-refractivity contribution in [3.8, 4) is 11.5 Å². The molecule has 0 aliphatic carbocycles. The summed E-state index contributed by atoms with van der Waals surface area (Å²) < 4.78 is 37.4. The van der Waals surface area contributed by atoms with Crippen LogP contribution < -0.4 is 19.1 Å². The van der Waals surface area contributed by atoms with Gasteiger partial charge in [-0.2, -0.15) is 4.72 Å². The number of carbonyl (C=O) groups is 1. The van der Waals surface area contributed by atoms with E-state index in [1.807, 2.05) is 11.8 Å². The van der Waals surface area contributed by atoms with Crippen molar-refractivity contribution < 1.29 is 22.7 Å². The molecule has 0 bridgehead atoms. The summed E-state index contributed by atoms with van der Waals surface area (Å²) in [6.07, 6.45) is 0. The number of carbonyl (C=O) groups excluding carboxylic acids is 1. The van der Waals surface area contributed by atoms with Crippen molar-refractivity contribution in [3.63, 3.8) is 0 Å². The van der Waals surface area contributed by atoms with E-state index in [-0.39, 0.29) is 17.1 Å². The lowest BCUT2D eigenvalue weighted by Crippen LogP contribution is -2.43. The van der Waals surface area contributed by atoms with Crippen LogP contribution in [-0.2, 0) is 10.0 Å². The van der Waals surface area contributed by atoms with E-state index in [0.717, 1.165) is 0 Å². The summed E-state index contributed by atoms with van der Waals surface area (Å²) in [5.74, 6) is 0.235. The normalized spacial score (nSPS) is 15.4. The lowest BCUT2D eigenvalue weighted by Gasteiger charge is -2.30. The van der Waals surface area contributed by atoms with Gasteiger partial charge >= 0.3 is 5.97 Å². The molecule has 7 nitrogen and oxygen atoms in total. The second-order valence-electron chi connectivity index (χ2n) is 5.41. The third kappa shape index (κ3) is 3.45. The fraction of sp³-hybridized carbons (Fsp3) is 0.235. The first-order chi connectivity index (χ1) is 11.9. The molecule has 8 heteroatoms. The molecule has 3 rings (SSSR count). The highest BCUT2D eigenvalue weighted by Crippen LogP contribution is 2.30. The molecule has 2 aromatic carbocycles. The van der Waals surface area contributed by atoms with Crippen LogP contribution >= 0.6 is 0 Å². The Morgan fingerprint density at radius 1 is 1.20 bits per heavy atom. The summed E-state index contributed by atoms with van der Waals surface area (Å²) in [6, 6.07) is 11.1. The number of ether oxygens (including phenoxy) is 2. The summed E-state index contributed by atoms with van der Waals surface area (Å²) in [4.78, 5) is 14.3. The number of anilines is 1. The predicted molar refractivity (Wildman–Crippen MR) is 92.6 cm³/mol. The zero-order chi connectivity index (χ0) is 18.0. The number of nitrogens with zero attached hydrogens (tertiary/aromatic N) is 1. The molecule has 0 fully saturated rings. The van der Waals surface area contributed by atoms with Crippen LogP contribution in [-0.4, -0.2) is 34.7 Å². The molecule has 0 spiro atoms. The number of hydrogen-bond donors (Lipinski definition) is 1. The van der Waals surface area contributed by atoms with Crippen molar-refractivity contribution >= 4 is 21.7 Å². The van der Waals surface area contributed by atoms with Gasteiger partial charge in [-0.3, -0.25) is 0 Å². The van der Waals surface area contributed by atoms with Crippen molar-refractivity contribution in [2.45, 2.75) is 11.8 Å². The minimum absolute atomic E-state index is 0.0701. The maximum atomic E-state index is 12.4. The first-order valence-electron chi connectivity index (χ1n) is 7.69. The van der Waals surface area contributed by atoms with E-state index in [2.05, 4.69) is 4.72 Å². The quantitative estimate of drug-likeness (QED) is 0.661. The molecule has 0 atom stereocenters. The molecule has 1 N–H and O–H groups in total. The van der Waals surface area contributed by atoms with E-state index in [4.69, 9.17) is 9.47 Å². The number of fused-ring (bicyclic) bond motifs is 1. The molecule has 0 saturated heterocycles. The van der Waals surface area contributed by atoms with Crippen molar-refractivity contribution in [1.29, 1.82) is 0 Å². The lowest BCUT2D eigenvalue weighted by molar-refractivity contribution is 0.0734. The number of methoxy groups -OCH3 is 1. The molecular formula is C17H18N2O5S. The Kier molecular flexibility index (Phi) is 4.65. The standard InChI is InChI=1S/C17H18N2O5S/c1-3-19-11-18-25(21,22)16-9-12(7-8-15(16)19)17(20)24-14-6-4-5-13(10-14)23-2/h4-10,18H,3,11H2,1-2H3.